The van der Waals surface area contributed by atoms with E-state index >= 15 is 0 Å². The minimum absolute atomic E-state index is 0.0914. The van der Waals surface area contributed by atoms with Crippen LogP contribution >= 0.6 is 0 Å². The molecule has 1 aliphatic heterocycles. The normalized spacial score (nSPS) is 17.0. The molecule has 1 atom stereocenters. The topological polar surface area (TPSA) is 77.1 Å². The van der Waals surface area contributed by atoms with Crippen LogP contribution in [0, 0.1) is 18.8 Å². The molecule has 1 aliphatic rings. The van der Waals surface area contributed by atoms with E-state index in [4.69, 9.17) is 9.52 Å². The van der Waals surface area contributed by atoms with Crippen LogP contribution < -0.4 is 0 Å². The Labute approximate surface area is 177 Å². The van der Waals surface area contributed by atoms with Crippen LogP contribution in [-0.2, 0) is 6.42 Å². The van der Waals surface area contributed by atoms with Crippen molar-refractivity contribution in [2.24, 2.45) is 11.8 Å². The summed E-state index contributed by atoms with van der Waals surface area (Å²) >= 11 is 0. The number of aromatic nitrogens is 4. The SMILES string of the molecule is Cc1nnc(-c2cc(CC(C)C)n(-c3cccc(C(=O)N4CCCC(C)C4)c3)n2)o1. The molecule has 3 heterocycles. The Bertz CT molecular complexity index is 1040. The fraction of sp³-hybridized carbons (Fsp3) is 0.478. The zero-order chi connectivity index (χ0) is 21.3. The molecule has 30 heavy (non-hydrogen) atoms. The lowest BCUT2D eigenvalue weighted by molar-refractivity contribution is 0.0683. The lowest BCUT2D eigenvalue weighted by atomic mass is 9.99. The van der Waals surface area contributed by atoms with Gasteiger partial charge in [-0.1, -0.05) is 26.8 Å². The van der Waals surface area contributed by atoms with Gasteiger partial charge in [-0.05, 0) is 55.4 Å². The molecular formula is C23H29N5O2. The minimum Gasteiger partial charge on any atom is -0.420 e. The zero-order valence-electron chi connectivity index (χ0n) is 18.1. The Morgan fingerprint density at radius 1 is 1.27 bits per heavy atom. The number of hydrogen-bond acceptors (Lipinski definition) is 5. The van der Waals surface area contributed by atoms with Crippen molar-refractivity contribution in [3.05, 3.63) is 47.5 Å². The summed E-state index contributed by atoms with van der Waals surface area (Å²) in [7, 11) is 0. The van der Waals surface area contributed by atoms with E-state index in [0.717, 1.165) is 37.3 Å². The molecule has 7 nitrogen and oxygen atoms in total. The van der Waals surface area contributed by atoms with Gasteiger partial charge in [0.2, 0.25) is 5.89 Å². The summed E-state index contributed by atoms with van der Waals surface area (Å²) in [6, 6.07) is 9.72. The molecule has 7 heteroatoms. The number of amides is 1. The number of carbonyl (C=O) groups excluding carboxylic acids is 1. The molecule has 1 amide bonds. The van der Waals surface area contributed by atoms with Crippen molar-refractivity contribution in [1.82, 2.24) is 24.9 Å². The maximum absolute atomic E-state index is 13.1. The highest BCUT2D eigenvalue weighted by atomic mass is 16.4. The Morgan fingerprint density at radius 2 is 2.10 bits per heavy atom. The van der Waals surface area contributed by atoms with E-state index in [1.54, 1.807) is 6.92 Å². The van der Waals surface area contributed by atoms with Gasteiger partial charge < -0.3 is 9.32 Å². The summed E-state index contributed by atoms with van der Waals surface area (Å²) in [5, 5.41) is 12.8. The number of carbonyl (C=O) groups is 1. The molecule has 1 unspecified atom stereocenters. The maximum Gasteiger partial charge on any atom is 0.268 e. The molecule has 0 radical (unpaired) electrons. The van der Waals surface area contributed by atoms with Gasteiger partial charge in [0, 0.05) is 31.3 Å². The standard InChI is InChI=1S/C23H29N5O2/c1-15(2)11-20-13-21(22-25-24-17(4)30-22)26-28(20)19-9-5-8-18(12-19)23(29)27-10-6-7-16(3)14-27/h5,8-9,12-13,15-16H,6-7,10-11,14H2,1-4H3. The van der Waals surface area contributed by atoms with Crippen LogP contribution in [0.5, 0.6) is 0 Å². The quantitative estimate of drug-likeness (QED) is 0.630. The molecule has 0 aliphatic carbocycles. The molecule has 1 saturated heterocycles. The van der Waals surface area contributed by atoms with Crippen molar-refractivity contribution in [2.45, 2.75) is 47.0 Å². The van der Waals surface area contributed by atoms with Gasteiger partial charge in [-0.3, -0.25) is 4.79 Å². The summed E-state index contributed by atoms with van der Waals surface area (Å²) in [5.74, 6) is 2.01. The third-order valence-electron chi connectivity index (χ3n) is 5.43. The highest BCUT2D eigenvalue weighted by molar-refractivity contribution is 5.94. The smallest absolute Gasteiger partial charge is 0.268 e. The molecule has 1 fully saturated rings. The second kappa shape index (κ2) is 8.42. The lowest BCUT2D eigenvalue weighted by Crippen LogP contribution is -2.39. The van der Waals surface area contributed by atoms with Gasteiger partial charge in [-0.25, -0.2) is 4.68 Å². The second-order valence-corrected chi connectivity index (χ2v) is 8.71. The van der Waals surface area contributed by atoms with Gasteiger partial charge >= 0.3 is 0 Å². The Morgan fingerprint density at radius 3 is 2.80 bits per heavy atom. The van der Waals surface area contributed by atoms with E-state index in [2.05, 4.69) is 31.0 Å². The summed E-state index contributed by atoms with van der Waals surface area (Å²) in [4.78, 5) is 15.1. The van der Waals surface area contributed by atoms with Crippen molar-refractivity contribution < 1.29 is 9.21 Å². The summed E-state index contributed by atoms with van der Waals surface area (Å²) < 4.78 is 7.46. The predicted octanol–water partition coefficient (Wildman–Crippen LogP) is 4.30. The first-order valence-electron chi connectivity index (χ1n) is 10.7. The van der Waals surface area contributed by atoms with E-state index in [0.29, 0.717) is 34.9 Å². The van der Waals surface area contributed by atoms with Gasteiger partial charge in [0.1, 0.15) is 5.69 Å². The molecule has 1 aromatic carbocycles. The average molecular weight is 408 g/mol. The number of rotatable bonds is 5. The first-order valence-corrected chi connectivity index (χ1v) is 10.7. The van der Waals surface area contributed by atoms with Gasteiger partial charge in [0.15, 0.2) is 0 Å². The highest BCUT2D eigenvalue weighted by Gasteiger charge is 2.23. The predicted molar refractivity (Wildman–Crippen MR) is 114 cm³/mol. The van der Waals surface area contributed by atoms with Gasteiger partial charge in [0.25, 0.3) is 11.8 Å². The number of hydrogen-bond donors (Lipinski definition) is 0. The summed E-state index contributed by atoms with van der Waals surface area (Å²) in [6.45, 7) is 9.97. The Kier molecular flexibility index (Phi) is 5.70. The molecule has 0 spiro atoms. The third kappa shape index (κ3) is 4.30. The van der Waals surface area contributed by atoms with Crippen molar-refractivity contribution in [3.8, 4) is 17.3 Å². The number of piperidine rings is 1. The molecule has 158 valence electrons. The van der Waals surface area contributed by atoms with Crippen LogP contribution in [0.3, 0.4) is 0 Å². The van der Waals surface area contributed by atoms with Crippen LogP contribution in [0.15, 0.2) is 34.7 Å². The van der Waals surface area contributed by atoms with Crippen LogP contribution in [0.25, 0.3) is 17.3 Å². The van der Waals surface area contributed by atoms with Crippen molar-refractivity contribution >= 4 is 5.91 Å². The Hall–Kier alpha value is -2.96. The van der Waals surface area contributed by atoms with Gasteiger partial charge in [-0.15, -0.1) is 10.2 Å². The first-order chi connectivity index (χ1) is 14.4. The van der Waals surface area contributed by atoms with Crippen LogP contribution in [0.1, 0.15) is 55.6 Å². The molecule has 2 aromatic heterocycles. The van der Waals surface area contributed by atoms with Crippen molar-refractivity contribution in [3.63, 3.8) is 0 Å². The summed E-state index contributed by atoms with van der Waals surface area (Å²) in [5.41, 5.74) is 3.26. The van der Waals surface area contributed by atoms with E-state index in [1.165, 1.54) is 6.42 Å². The van der Waals surface area contributed by atoms with E-state index in [1.807, 2.05) is 39.9 Å². The molecule has 0 N–H and O–H groups in total. The maximum atomic E-state index is 13.1. The van der Waals surface area contributed by atoms with Crippen LogP contribution in [0.4, 0.5) is 0 Å². The third-order valence-corrected chi connectivity index (χ3v) is 5.43. The fourth-order valence-electron chi connectivity index (χ4n) is 4.04. The van der Waals surface area contributed by atoms with E-state index in [9.17, 15) is 4.79 Å². The lowest BCUT2D eigenvalue weighted by Gasteiger charge is -2.31. The van der Waals surface area contributed by atoms with Crippen molar-refractivity contribution in [1.29, 1.82) is 0 Å². The van der Waals surface area contributed by atoms with E-state index < -0.39 is 0 Å². The number of nitrogens with zero attached hydrogens (tertiary/aromatic N) is 5. The molecular weight excluding hydrogens is 378 g/mol. The minimum atomic E-state index is 0.0914. The van der Waals surface area contributed by atoms with Crippen LogP contribution in [0.2, 0.25) is 0 Å². The molecule has 4 rings (SSSR count). The number of aryl methyl sites for hydroxylation is 1. The van der Waals surface area contributed by atoms with Crippen LogP contribution in [-0.4, -0.2) is 43.9 Å². The zero-order valence-corrected chi connectivity index (χ0v) is 18.1. The second-order valence-electron chi connectivity index (χ2n) is 8.71. The van der Waals surface area contributed by atoms with E-state index in [-0.39, 0.29) is 5.91 Å². The highest BCUT2D eigenvalue weighted by Crippen LogP contribution is 2.24. The molecule has 0 saturated carbocycles. The van der Waals surface area contributed by atoms with Crippen molar-refractivity contribution in [2.75, 3.05) is 13.1 Å². The Balaban J connectivity index is 1.68. The fourth-order valence-corrected chi connectivity index (χ4v) is 4.04. The number of likely N-dealkylation sites (tertiary alicyclic amines) is 1. The van der Waals surface area contributed by atoms with Gasteiger partial charge in [0.05, 0.1) is 5.69 Å². The van der Waals surface area contributed by atoms with Gasteiger partial charge in [-0.2, -0.15) is 5.10 Å². The molecule has 3 aromatic rings. The summed E-state index contributed by atoms with van der Waals surface area (Å²) in [6.07, 6.45) is 3.10. The average Bonchev–Trinajstić information content (AvgIpc) is 3.33. The molecule has 0 bridgehead atoms. The monoisotopic (exact) mass is 407 g/mol. The largest absolute Gasteiger partial charge is 0.420 e. The first kappa shape index (κ1) is 20.3. The number of benzene rings is 1.